The second kappa shape index (κ2) is 4.70. The fourth-order valence-corrected chi connectivity index (χ4v) is 1.26. The zero-order chi connectivity index (χ0) is 8.10. The van der Waals surface area contributed by atoms with E-state index < -0.39 is 0 Å². The Kier molecular flexibility index (Phi) is 3.83. The van der Waals surface area contributed by atoms with Gasteiger partial charge >= 0.3 is 0 Å². The van der Waals surface area contributed by atoms with E-state index >= 15 is 0 Å². The predicted octanol–water partition coefficient (Wildman–Crippen LogP) is 0.136. The molecule has 1 rings (SSSR count). The topological polar surface area (TPSA) is 41.5 Å². The van der Waals surface area contributed by atoms with E-state index in [9.17, 15) is 0 Å². The van der Waals surface area contributed by atoms with Gasteiger partial charge in [-0.3, -0.25) is 0 Å². The van der Waals surface area contributed by atoms with Crippen LogP contribution in [0.25, 0.3) is 0 Å². The lowest BCUT2D eigenvalue weighted by Gasteiger charge is -2.11. The average molecular weight is 159 g/mol. The van der Waals surface area contributed by atoms with E-state index in [1.807, 2.05) is 0 Å². The number of hydrogen-bond acceptors (Lipinski definition) is 3. The summed E-state index contributed by atoms with van der Waals surface area (Å²) in [4.78, 5) is 0. The lowest BCUT2D eigenvalue weighted by Crippen LogP contribution is -2.31. The highest BCUT2D eigenvalue weighted by molar-refractivity contribution is 4.67. The van der Waals surface area contributed by atoms with Crippen LogP contribution in [0.5, 0.6) is 0 Å². The molecule has 0 bridgehead atoms. The molecule has 0 aromatic heterocycles. The molecule has 1 fully saturated rings. The summed E-state index contributed by atoms with van der Waals surface area (Å²) in [7, 11) is 0. The van der Waals surface area contributed by atoms with Crippen LogP contribution in [-0.2, 0) is 4.74 Å². The van der Waals surface area contributed by atoms with Gasteiger partial charge in [0.15, 0.2) is 0 Å². The summed E-state index contributed by atoms with van der Waals surface area (Å²) in [6, 6.07) is 0. The molecule has 11 heavy (non-hydrogen) atoms. The summed E-state index contributed by atoms with van der Waals surface area (Å²) in [5, 5.41) is 12.1. The fraction of sp³-hybridized carbons (Fsp3) is 1.00. The van der Waals surface area contributed by atoms with Crippen LogP contribution in [0.4, 0.5) is 0 Å². The first kappa shape index (κ1) is 8.97. The summed E-state index contributed by atoms with van der Waals surface area (Å²) in [5.41, 5.74) is 0. The van der Waals surface area contributed by atoms with Crippen molar-refractivity contribution in [2.45, 2.75) is 32.0 Å². The normalized spacial score (nSPS) is 27.3. The summed E-state index contributed by atoms with van der Waals surface area (Å²) >= 11 is 0. The number of nitrogens with one attached hydrogen (secondary N) is 1. The van der Waals surface area contributed by atoms with Crippen LogP contribution in [-0.4, -0.2) is 37.0 Å². The van der Waals surface area contributed by atoms with Crippen LogP contribution in [0.3, 0.4) is 0 Å². The highest BCUT2D eigenvalue weighted by Gasteiger charge is 2.14. The van der Waals surface area contributed by atoms with E-state index in [2.05, 4.69) is 5.32 Å². The summed E-state index contributed by atoms with van der Waals surface area (Å²) < 4.78 is 5.39. The van der Waals surface area contributed by atoms with Gasteiger partial charge in [0.2, 0.25) is 0 Å². The van der Waals surface area contributed by atoms with Gasteiger partial charge in [0, 0.05) is 19.7 Å². The van der Waals surface area contributed by atoms with Gasteiger partial charge in [0.1, 0.15) is 0 Å². The largest absolute Gasteiger partial charge is 0.392 e. The maximum Gasteiger partial charge on any atom is 0.0700 e. The van der Waals surface area contributed by atoms with Crippen molar-refractivity contribution >= 4 is 0 Å². The van der Waals surface area contributed by atoms with E-state index in [1.165, 1.54) is 6.42 Å². The van der Waals surface area contributed by atoms with Crippen molar-refractivity contribution in [3.05, 3.63) is 0 Å². The Morgan fingerprint density at radius 3 is 3.09 bits per heavy atom. The third-order valence-electron chi connectivity index (χ3n) is 1.84. The Balaban J connectivity index is 1.94. The lowest BCUT2D eigenvalue weighted by atomic mass is 10.2. The Morgan fingerprint density at radius 2 is 2.55 bits per heavy atom. The Hall–Kier alpha value is -0.120. The maximum absolute atomic E-state index is 8.92. The van der Waals surface area contributed by atoms with Crippen LogP contribution in [0.2, 0.25) is 0 Å². The fourth-order valence-electron chi connectivity index (χ4n) is 1.26. The average Bonchev–Trinajstić information content (AvgIpc) is 2.39. The molecule has 1 heterocycles. The van der Waals surface area contributed by atoms with Gasteiger partial charge in [-0.15, -0.1) is 0 Å². The third kappa shape index (κ3) is 3.70. The van der Waals surface area contributed by atoms with Gasteiger partial charge < -0.3 is 15.2 Å². The molecule has 0 spiro atoms. The van der Waals surface area contributed by atoms with Gasteiger partial charge in [0.25, 0.3) is 0 Å². The maximum atomic E-state index is 8.92. The molecule has 0 saturated carbocycles. The molecule has 2 N–H and O–H groups in total. The second-order valence-electron chi connectivity index (χ2n) is 3.14. The van der Waals surface area contributed by atoms with Crippen LogP contribution in [0, 0.1) is 0 Å². The zero-order valence-corrected chi connectivity index (χ0v) is 7.05. The second-order valence-corrected chi connectivity index (χ2v) is 3.14. The van der Waals surface area contributed by atoms with Gasteiger partial charge in [-0.25, -0.2) is 0 Å². The quantitative estimate of drug-likeness (QED) is 0.613. The van der Waals surface area contributed by atoms with Crippen molar-refractivity contribution in [2.75, 3.05) is 19.7 Å². The van der Waals surface area contributed by atoms with Gasteiger partial charge in [0.05, 0.1) is 12.2 Å². The molecule has 0 amide bonds. The molecule has 0 aromatic rings. The number of ether oxygens (including phenoxy) is 1. The minimum absolute atomic E-state index is 0.253. The summed E-state index contributed by atoms with van der Waals surface area (Å²) in [5.74, 6) is 0. The SMILES string of the molecule is CC(O)CNCC1CCCO1. The Bertz CT molecular complexity index is 100. The Labute approximate surface area is 67.7 Å². The highest BCUT2D eigenvalue weighted by atomic mass is 16.5. The molecule has 1 aliphatic rings. The molecule has 0 aliphatic carbocycles. The van der Waals surface area contributed by atoms with Gasteiger partial charge in [-0.1, -0.05) is 0 Å². The molecule has 0 aromatic carbocycles. The highest BCUT2D eigenvalue weighted by Crippen LogP contribution is 2.10. The lowest BCUT2D eigenvalue weighted by molar-refractivity contribution is 0.105. The first-order valence-electron chi connectivity index (χ1n) is 4.29. The first-order chi connectivity index (χ1) is 5.29. The number of hydrogen-bond donors (Lipinski definition) is 2. The molecule has 0 radical (unpaired) electrons. The van der Waals surface area contributed by atoms with Gasteiger partial charge in [-0.2, -0.15) is 0 Å². The van der Waals surface area contributed by atoms with E-state index in [0.717, 1.165) is 19.6 Å². The zero-order valence-electron chi connectivity index (χ0n) is 7.05. The van der Waals surface area contributed by atoms with E-state index in [0.29, 0.717) is 12.6 Å². The minimum Gasteiger partial charge on any atom is -0.392 e. The molecule has 3 nitrogen and oxygen atoms in total. The van der Waals surface area contributed by atoms with Crippen molar-refractivity contribution in [1.82, 2.24) is 5.32 Å². The van der Waals surface area contributed by atoms with Crippen LogP contribution >= 0.6 is 0 Å². The number of aliphatic hydroxyl groups excluding tert-OH is 1. The standard InChI is InChI=1S/C8H17NO2/c1-7(10)5-9-6-8-3-2-4-11-8/h7-10H,2-6H2,1H3. The van der Waals surface area contributed by atoms with Crippen LogP contribution in [0.15, 0.2) is 0 Å². The molecule has 2 atom stereocenters. The molecule has 2 unspecified atom stereocenters. The van der Waals surface area contributed by atoms with E-state index in [4.69, 9.17) is 9.84 Å². The van der Waals surface area contributed by atoms with Crippen molar-refractivity contribution in [1.29, 1.82) is 0 Å². The van der Waals surface area contributed by atoms with Crippen molar-refractivity contribution < 1.29 is 9.84 Å². The minimum atomic E-state index is -0.253. The molecule has 1 aliphatic heterocycles. The number of rotatable bonds is 4. The number of aliphatic hydroxyl groups is 1. The monoisotopic (exact) mass is 159 g/mol. The molecular formula is C8H17NO2. The molecular weight excluding hydrogens is 142 g/mol. The summed E-state index contributed by atoms with van der Waals surface area (Å²) in [6.45, 7) is 4.23. The van der Waals surface area contributed by atoms with Crippen molar-refractivity contribution in [2.24, 2.45) is 0 Å². The van der Waals surface area contributed by atoms with Gasteiger partial charge in [-0.05, 0) is 19.8 Å². The molecule has 66 valence electrons. The van der Waals surface area contributed by atoms with Crippen molar-refractivity contribution in [3.8, 4) is 0 Å². The smallest absolute Gasteiger partial charge is 0.0700 e. The third-order valence-corrected chi connectivity index (χ3v) is 1.84. The van der Waals surface area contributed by atoms with E-state index in [1.54, 1.807) is 6.92 Å². The predicted molar refractivity (Wildman–Crippen MR) is 43.5 cm³/mol. The molecule has 1 saturated heterocycles. The van der Waals surface area contributed by atoms with Crippen molar-refractivity contribution in [3.63, 3.8) is 0 Å². The van der Waals surface area contributed by atoms with E-state index in [-0.39, 0.29) is 6.10 Å². The van der Waals surface area contributed by atoms with Crippen LogP contribution < -0.4 is 5.32 Å². The molecule has 3 heteroatoms. The first-order valence-corrected chi connectivity index (χ1v) is 4.29. The summed E-state index contributed by atoms with van der Waals surface area (Å²) in [6.07, 6.45) is 2.47. The van der Waals surface area contributed by atoms with Crippen LogP contribution in [0.1, 0.15) is 19.8 Å². The Morgan fingerprint density at radius 1 is 1.73 bits per heavy atom.